The number of carboxylic acids is 1. The van der Waals surface area contributed by atoms with Crippen LogP contribution in [0.5, 0.6) is 5.88 Å². The summed E-state index contributed by atoms with van der Waals surface area (Å²) in [5.41, 5.74) is 0.00361. The first-order chi connectivity index (χ1) is 7.15. The number of rotatable bonds is 4. The molecule has 1 aromatic rings. The third-order valence-corrected chi connectivity index (χ3v) is 1.82. The van der Waals surface area contributed by atoms with Gasteiger partial charge in [0.15, 0.2) is 0 Å². The lowest BCUT2D eigenvalue weighted by Gasteiger charge is -2.05. The smallest absolute Gasteiger partial charge is 0.341 e. The van der Waals surface area contributed by atoms with Crippen LogP contribution in [0.3, 0.4) is 0 Å². The van der Waals surface area contributed by atoms with Gasteiger partial charge in [0, 0.05) is 0 Å². The van der Waals surface area contributed by atoms with Crippen molar-refractivity contribution >= 4 is 17.6 Å². The standard InChI is InChI=1S/C10H10ClNO3/c1-2-3-6-15-9-7(10(13)14)4-5-8(11)12-9/h2-5H,6H2,1H3,(H,13,14). The Morgan fingerprint density at radius 3 is 3.00 bits per heavy atom. The van der Waals surface area contributed by atoms with Crippen molar-refractivity contribution in [3.8, 4) is 5.88 Å². The maximum Gasteiger partial charge on any atom is 0.341 e. The van der Waals surface area contributed by atoms with Gasteiger partial charge in [-0.3, -0.25) is 0 Å². The molecular weight excluding hydrogens is 218 g/mol. The molecule has 0 bridgehead atoms. The minimum atomic E-state index is -1.09. The zero-order chi connectivity index (χ0) is 11.3. The summed E-state index contributed by atoms with van der Waals surface area (Å²) in [6.07, 6.45) is 3.54. The number of aromatic nitrogens is 1. The first-order valence-electron chi connectivity index (χ1n) is 4.29. The van der Waals surface area contributed by atoms with E-state index in [1.165, 1.54) is 12.1 Å². The number of hydrogen-bond acceptors (Lipinski definition) is 3. The third-order valence-electron chi connectivity index (χ3n) is 1.61. The fourth-order valence-electron chi connectivity index (χ4n) is 0.914. The topological polar surface area (TPSA) is 59.4 Å². The van der Waals surface area contributed by atoms with E-state index in [4.69, 9.17) is 21.4 Å². The number of allylic oxidation sites excluding steroid dienone is 1. The van der Waals surface area contributed by atoms with Crippen LogP contribution >= 0.6 is 11.6 Å². The molecule has 0 unspecified atom stereocenters. The van der Waals surface area contributed by atoms with E-state index < -0.39 is 5.97 Å². The van der Waals surface area contributed by atoms with E-state index in [9.17, 15) is 4.79 Å². The largest absolute Gasteiger partial charge is 0.477 e. The van der Waals surface area contributed by atoms with Gasteiger partial charge >= 0.3 is 5.97 Å². The average Bonchev–Trinajstić information content (AvgIpc) is 2.18. The number of aromatic carboxylic acids is 1. The van der Waals surface area contributed by atoms with Crippen LogP contribution in [-0.4, -0.2) is 22.7 Å². The number of ether oxygens (including phenoxy) is 1. The van der Waals surface area contributed by atoms with Gasteiger partial charge in [0.2, 0.25) is 5.88 Å². The van der Waals surface area contributed by atoms with Crippen LogP contribution in [-0.2, 0) is 0 Å². The molecule has 0 fully saturated rings. The molecule has 0 saturated carbocycles. The van der Waals surface area contributed by atoms with Crippen molar-refractivity contribution in [3.05, 3.63) is 35.0 Å². The van der Waals surface area contributed by atoms with Gasteiger partial charge in [-0.05, 0) is 19.1 Å². The van der Waals surface area contributed by atoms with E-state index in [2.05, 4.69) is 4.98 Å². The van der Waals surface area contributed by atoms with Crippen molar-refractivity contribution in [2.75, 3.05) is 6.61 Å². The highest BCUT2D eigenvalue weighted by atomic mass is 35.5. The Morgan fingerprint density at radius 2 is 2.40 bits per heavy atom. The molecule has 0 aliphatic carbocycles. The molecule has 0 saturated heterocycles. The van der Waals surface area contributed by atoms with Crippen LogP contribution in [0, 0.1) is 0 Å². The summed E-state index contributed by atoms with van der Waals surface area (Å²) in [5, 5.41) is 9.04. The Labute approximate surface area is 92.2 Å². The maximum absolute atomic E-state index is 10.8. The number of halogens is 1. The molecule has 1 rings (SSSR count). The number of carboxylic acid groups (broad SMARTS) is 1. The molecule has 1 aromatic heterocycles. The van der Waals surface area contributed by atoms with Crippen LogP contribution < -0.4 is 4.74 Å². The molecule has 0 aliphatic heterocycles. The minimum absolute atomic E-state index is 0.00361. The summed E-state index contributed by atoms with van der Waals surface area (Å²) >= 11 is 5.63. The fourth-order valence-corrected chi connectivity index (χ4v) is 1.05. The third kappa shape index (κ3) is 3.25. The van der Waals surface area contributed by atoms with Gasteiger partial charge in [-0.1, -0.05) is 23.8 Å². The molecule has 0 aromatic carbocycles. The Balaban J connectivity index is 2.91. The van der Waals surface area contributed by atoms with E-state index in [1.54, 1.807) is 12.2 Å². The normalized spacial score (nSPS) is 10.5. The second-order valence-electron chi connectivity index (χ2n) is 2.67. The summed E-state index contributed by atoms with van der Waals surface area (Å²) in [4.78, 5) is 14.6. The molecule has 0 amide bonds. The highest BCUT2D eigenvalue weighted by Crippen LogP contribution is 2.18. The van der Waals surface area contributed by atoms with E-state index in [-0.39, 0.29) is 23.2 Å². The van der Waals surface area contributed by atoms with Crippen LogP contribution in [0.25, 0.3) is 0 Å². The van der Waals surface area contributed by atoms with Crippen molar-refractivity contribution in [2.45, 2.75) is 6.92 Å². The van der Waals surface area contributed by atoms with Gasteiger partial charge < -0.3 is 9.84 Å². The first kappa shape index (κ1) is 11.5. The molecule has 4 nitrogen and oxygen atoms in total. The summed E-state index contributed by atoms with van der Waals surface area (Å²) in [5.74, 6) is -1.05. The fraction of sp³-hybridized carbons (Fsp3) is 0.200. The van der Waals surface area contributed by atoms with Crippen molar-refractivity contribution in [3.63, 3.8) is 0 Å². The van der Waals surface area contributed by atoms with Crippen LogP contribution in [0.4, 0.5) is 0 Å². The Kier molecular flexibility index (Phi) is 4.12. The second kappa shape index (κ2) is 5.36. The minimum Gasteiger partial charge on any atom is -0.477 e. The molecule has 0 atom stereocenters. The van der Waals surface area contributed by atoms with Crippen LogP contribution in [0.2, 0.25) is 5.15 Å². The quantitative estimate of drug-likeness (QED) is 0.634. The van der Waals surface area contributed by atoms with Gasteiger partial charge in [-0.15, -0.1) is 0 Å². The average molecular weight is 228 g/mol. The Hall–Kier alpha value is -1.55. The monoisotopic (exact) mass is 227 g/mol. The van der Waals surface area contributed by atoms with Gasteiger partial charge in [-0.2, -0.15) is 0 Å². The van der Waals surface area contributed by atoms with Crippen molar-refractivity contribution in [2.24, 2.45) is 0 Å². The van der Waals surface area contributed by atoms with Gasteiger partial charge in [-0.25, -0.2) is 9.78 Å². The molecule has 15 heavy (non-hydrogen) atoms. The number of carbonyl (C=O) groups is 1. The van der Waals surface area contributed by atoms with Gasteiger partial charge in [0.25, 0.3) is 0 Å². The molecule has 1 heterocycles. The number of pyridine rings is 1. The van der Waals surface area contributed by atoms with Crippen LogP contribution in [0.15, 0.2) is 24.3 Å². The predicted molar refractivity (Wildman–Crippen MR) is 56.5 cm³/mol. The van der Waals surface area contributed by atoms with Gasteiger partial charge in [0.1, 0.15) is 17.3 Å². The van der Waals surface area contributed by atoms with E-state index >= 15 is 0 Å². The lowest BCUT2D eigenvalue weighted by molar-refractivity contribution is 0.0692. The predicted octanol–water partition coefficient (Wildman–Crippen LogP) is 2.39. The van der Waals surface area contributed by atoms with Gasteiger partial charge in [0.05, 0.1) is 0 Å². The van der Waals surface area contributed by atoms with E-state index in [1.807, 2.05) is 6.92 Å². The van der Waals surface area contributed by atoms with Crippen LogP contribution in [0.1, 0.15) is 17.3 Å². The molecule has 0 spiro atoms. The summed E-state index contributed by atoms with van der Waals surface area (Å²) in [6, 6.07) is 2.77. The summed E-state index contributed by atoms with van der Waals surface area (Å²) < 4.78 is 5.16. The van der Waals surface area contributed by atoms with E-state index in [0.29, 0.717) is 0 Å². The van der Waals surface area contributed by atoms with Crippen molar-refractivity contribution in [1.29, 1.82) is 0 Å². The number of hydrogen-bond donors (Lipinski definition) is 1. The SMILES string of the molecule is CC=CCOc1nc(Cl)ccc1C(=O)O. The number of nitrogens with zero attached hydrogens (tertiary/aromatic N) is 1. The molecular formula is C10H10ClNO3. The second-order valence-corrected chi connectivity index (χ2v) is 3.06. The molecule has 0 radical (unpaired) electrons. The van der Waals surface area contributed by atoms with E-state index in [0.717, 1.165) is 0 Å². The molecule has 5 heteroatoms. The highest BCUT2D eigenvalue weighted by molar-refractivity contribution is 6.29. The molecule has 0 aliphatic rings. The first-order valence-corrected chi connectivity index (χ1v) is 4.66. The summed E-state index contributed by atoms with van der Waals surface area (Å²) in [7, 11) is 0. The lowest BCUT2D eigenvalue weighted by Crippen LogP contribution is -2.05. The maximum atomic E-state index is 10.8. The zero-order valence-corrected chi connectivity index (χ0v) is 8.86. The molecule has 80 valence electrons. The Bertz CT molecular complexity index is 390. The van der Waals surface area contributed by atoms with Crippen molar-refractivity contribution < 1.29 is 14.6 Å². The highest BCUT2D eigenvalue weighted by Gasteiger charge is 2.12. The lowest BCUT2D eigenvalue weighted by atomic mass is 10.3. The molecule has 1 N–H and O–H groups in total. The zero-order valence-electron chi connectivity index (χ0n) is 8.11. The summed E-state index contributed by atoms with van der Waals surface area (Å²) in [6.45, 7) is 2.11. The van der Waals surface area contributed by atoms with Crippen molar-refractivity contribution in [1.82, 2.24) is 4.98 Å². The Morgan fingerprint density at radius 1 is 1.67 bits per heavy atom.